The van der Waals surface area contributed by atoms with Crippen LogP contribution in [-0.4, -0.2) is 32.4 Å². The lowest BCUT2D eigenvalue weighted by atomic mass is 10.2. The molecule has 2 heterocycles. The number of aromatic hydroxyl groups is 2. The SMILES string of the molecule is O=C1/C(=C/c2ccccc2O)S/C(=N/N=C\c2cc(Br)ccc2O)N1Cc1ccco1. The van der Waals surface area contributed by atoms with Gasteiger partial charge in [0, 0.05) is 15.6 Å². The van der Waals surface area contributed by atoms with Crippen molar-refractivity contribution in [1.29, 1.82) is 0 Å². The Kier molecular flexibility index (Phi) is 6.24. The highest BCUT2D eigenvalue weighted by molar-refractivity contribution is 9.10. The predicted octanol–water partition coefficient (Wildman–Crippen LogP) is 4.96. The highest BCUT2D eigenvalue weighted by Crippen LogP contribution is 2.35. The number of furan rings is 1. The van der Waals surface area contributed by atoms with Crippen LogP contribution in [0.1, 0.15) is 16.9 Å². The molecule has 7 nitrogen and oxygen atoms in total. The van der Waals surface area contributed by atoms with E-state index in [9.17, 15) is 15.0 Å². The summed E-state index contributed by atoms with van der Waals surface area (Å²) in [6, 6.07) is 15.2. The summed E-state index contributed by atoms with van der Waals surface area (Å²) in [6.07, 6.45) is 4.56. The lowest BCUT2D eigenvalue weighted by Gasteiger charge is -2.12. The molecule has 0 radical (unpaired) electrons. The van der Waals surface area contributed by atoms with Crippen LogP contribution < -0.4 is 0 Å². The molecule has 31 heavy (non-hydrogen) atoms. The van der Waals surface area contributed by atoms with Crippen LogP contribution in [0.2, 0.25) is 0 Å². The van der Waals surface area contributed by atoms with Gasteiger partial charge in [-0.15, -0.1) is 5.10 Å². The van der Waals surface area contributed by atoms with E-state index in [1.807, 2.05) is 0 Å². The van der Waals surface area contributed by atoms with Gasteiger partial charge in [-0.25, -0.2) is 0 Å². The topological polar surface area (TPSA) is 98.6 Å². The van der Waals surface area contributed by atoms with E-state index in [2.05, 4.69) is 26.1 Å². The zero-order valence-corrected chi connectivity index (χ0v) is 18.4. The molecule has 0 saturated carbocycles. The summed E-state index contributed by atoms with van der Waals surface area (Å²) in [7, 11) is 0. The van der Waals surface area contributed by atoms with Crippen LogP contribution in [0, 0.1) is 0 Å². The summed E-state index contributed by atoms with van der Waals surface area (Å²) in [5.41, 5.74) is 1.01. The normalized spacial score (nSPS) is 16.8. The van der Waals surface area contributed by atoms with E-state index in [4.69, 9.17) is 4.42 Å². The molecule has 1 fully saturated rings. The number of amides is 1. The molecule has 2 aromatic carbocycles. The van der Waals surface area contributed by atoms with E-state index < -0.39 is 0 Å². The first kappa shape index (κ1) is 21.0. The Morgan fingerprint density at radius 2 is 1.87 bits per heavy atom. The van der Waals surface area contributed by atoms with E-state index >= 15 is 0 Å². The number of carbonyl (C=O) groups excluding carboxylic acids is 1. The number of para-hydroxylation sites is 1. The van der Waals surface area contributed by atoms with Gasteiger partial charge in [-0.05, 0) is 54.2 Å². The third-order valence-electron chi connectivity index (χ3n) is 4.34. The predicted molar refractivity (Wildman–Crippen MR) is 124 cm³/mol. The Labute approximate surface area is 190 Å². The summed E-state index contributed by atoms with van der Waals surface area (Å²) in [5, 5.41) is 28.6. The van der Waals surface area contributed by atoms with Crippen molar-refractivity contribution in [2.24, 2.45) is 10.2 Å². The molecular weight excluding hydrogens is 482 g/mol. The number of thioether (sulfide) groups is 1. The van der Waals surface area contributed by atoms with Crippen LogP contribution in [0.5, 0.6) is 11.5 Å². The molecule has 3 aromatic rings. The first-order chi connectivity index (χ1) is 15.0. The van der Waals surface area contributed by atoms with Crippen LogP contribution >= 0.6 is 27.7 Å². The van der Waals surface area contributed by atoms with Crippen molar-refractivity contribution >= 4 is 51.1 Å². The van der Waals surface area contributed by atoms with Crippen molar-refractivity contribution in [1.82, 2.24) is 4.90 Å². The molecule has 1 saturated heterocycles. The number of carbonyl (C=O) groups is 1. The van der Waals surface area contributed by atoms with Gasteiger partial charge in [0.15, 0.2) is 5.17 Å². The van der Waals surface area contributed by atoms with E-state index in [1.165, 1.54) is 17.4 Å². The molecule has 0 atom stereocenters. The second kappa shape index (κ2) is 9.23. The fourth-order valence-electron chi connectivity index (χ4n) is 2.80. The minimum atomic E-state index is -0.274. The highest BCUT2D eigenvalue weighted by Gasteiger charge is 2.34. The summed E-state index contributed by atoms with van der Waals surface area (Å²) in [6.45, 7) is 0.188. The number of nitrogens with zero attached hydrogens (tertiary/aromatic N) is 3. The molecular formula is C22H16BrN3O4S. The number of halogens is 1. The number of hydrogen-bond donors (Lipinski definition) is 2. The smallest absolute Gasteiger partial charge is 0.267 e. The molecule has 4 rings (SSSR count). The maximum atomic E-state index is 13.0. The van der Waals surface area contributed by atoms with Crippen molar-refractivity contribution in [2.45, 2.75) is 6.54 Å². The quantitative estimate of drug-likeness (QED) is 0.294. The van der Waals surface area contributed by atoms with Gasteiger partial charge in [0.05, 0.1) is 23.9 Å². The number of hydrogen-bond acceptors (Lipinski definition) is 7. The maximum Gasteiger partial charge on any atom is 0.267 e. The summed E-state index contributed by atoms with van der Waals surface area (Å²) < 4.78 is 6.16. The highest BCUT2D eigenvalue weighted by atomic mass is 79.9. The fourth-order valence-corrected chi connectivity index (χ4v) is 4.10. The molecule has 0 bridgehead atoms. The molecule has 9 heteroatoms. The first-order valence-corrected chi connectivity index (χ1v) is 10.7. The van der Waals surface area contributed by atoms with Gasteiger partial charge >= 0.3 is 0 Å². The van der Waals surface area contributed by atoms with Crippen LogP contribution in [0.4, 0.5) is 0 Å². The Hall–Kier alpha value is -3.30. The van der Waals surface area contributed by atoms with Crippen molar-refractivity contribution in [3.05, 3.63) is 87.1 Å². The lowest BCUT2D eigenvalue weighted by Crippen LogP contribution is -2.28. The van der Waals surface area contributed by atoms with Crippen molar-refractivity contribution in [2.75, 3.05) is 0 Å². The van der Waals surface area contributed by atoms with Crippen LogP contribution in [0.25, 0.3) is 6.08 Å². The fraction of sp³-hybridized carbons (Fsp3) is 0.0455. The minimum absolute atomic E-state index is 0.0647. The van der Waals surface area contributed by atoms with Gasteiger partial charge in [0.25, 0.3) is 5.91 Å². The van der Waals surface area contributed by atoms with Gasteiger partial charge < -0.3 is 14.6 Å². The summed E-state index contributed by atoms with van der Waals surface area (Å²) in [5.74, 6) is 0.465. The third-order valence-corrected chi connectivity index (χ3v) is 5.83. The molecule has 2 N–H and O–H groups in total. The number of benzene rings is 2. The number of phenols is 2. The molecule has 156 valence electrons. The minimum Gasteiger partial charge on any atom is -0.507 e. The largest absolute Gasteiger partial charge is 0.507 e. The molecule has 0 unspecified atom stereocenters. The van der Waals surface area contributed by atoms with Gasteiger partial charge in [0.2, 0.25) is 0 Å². The number of phenolic OH excluding ortho intramolecular Hbond substituents is 2. The first-order valence-electron chi connectivity index (χ1n) is 9.12. The standard InChI is InChI=1S/C22H16BrN3O4S/c23-16-7-8-19(28)15(10-16)12-24-25-22-26(13-17-5-3-9-30-17)21(29)20(31-22)11-14-4-1-2-6-18(14)27/h1-12,27-28H,13H2/b20-11-,24-12-,25-22+. The number of rotatable bonds is 5. The van der Waals surface area contributed by atoms with E-state index in [1.54, 1.807) is 60.7 Å². The Balaban J connectivity index is 1.65. The van der Waals surface area contributed by atoms with Crippen LogP contribution in [0.15, 0.2) is 84.9 Å². The van der Waals surface area contributed by atoms with E-state index in [0.29, 0.717) is 27.0 Å². The van der Waals surface area contributed by atoms with Gasteiger partial charge in [-0.1, -0.05) is 34.1 Å². The zero-order chi connectivity index (χ0) is 21.8. The van der Waals surface area contributed by atoms with Gasteiger partial charge in [-0.3, -0.25) is 9.69 Å². The van der Waals surface area contributed by atoms with Gasteiger partial charge in [-0.2, -0.15) is 5.10 Å². The Morgan fingerprint density at radius 3 is 2.65 bits per heavy atom. The summed E-state index contributed by atoms with van der Waals surface area (Å²) >= 11 is 4.49. The maximum absolute atomic E-state index is 13.0. The van der Waals surface area contributed by atoms with Crippen molar-refractivity contribution in [3.8, 4) is 11.5 Å². The van der Waals surface area contributed by atoms with Crippen molar-refractivity contribution < 1.29 is 19.4 Å². The van der Waals surface area contributed by atoms with Crippen LogP contribution in [-0.2, 0) is 11.3 Å². The summed E-state index contributed by atoms with van der Waals surface area (Å²) in [4.78, 5) is 14.9. The third kappa shape index (κ3) is 4.89. The second-order valence-corrected chi connectivity index (χ2v) is 8.40. The lowest BCUT2D eigenvalue weighted by molar-refractivity contribution is -0.122. The molecule has 0 spiro atoms. The average Bonchev–Trinajstić information content (AvgIpc) is 3.36. The van der Waals surface area contributed by atoms with Crippen molar-refractivity contribution in [3.63, 3.8) is 0 Å². The monoisotopic (exact) mass is 497 g/mol. The molecule has 1 aliphatic heterocycles. The van der Waals surface area contributed by atoms with Gasteiger partial charge in [0.1, 0.15) is 17.3 Å². The number of amidine groups is 1. The Bertz CT molecular complexity index is 1210. The van der Waals surface area contributed by atoms with Crippen LogP contribution in [0.3, 0.4) is 0 Å². The van der Waals surface area contributed by atoms with E-state index in [-0.39, 0.29) is 24.0 Å². The van der Waals surface area contributed by atoms with E-state index in [0.717, 1.165) is 16.2 Å². The molecule has 0 aliphatic carbocycles. The average molecular weight is 498 g/mol. The second-order valence-electron chi connectivity index (χ2n) is 6.47. The Morgan fingerprint density at radius 1 is 1.06 bits per heavy atom. The molecule has 1 amide bonds. The zero-order valence-electron chi connectivity index (χ0n) is 16.0. The molecule has 1 aromatic heterocycles. The molecule has 1 aliphatic rings.